The number of benzene rings is 1. The van der Waals surface area contributed by atoms with E-state index in [0.29, 0.717) is 0 Å². The topological polar surface area (TPSA) is 55.4 Å². The number of thioether (sulfide) groups is 1. The number of aryl methyl sites for hydroxylation is 1. The van der Waals surface area contributed by atoms with Crippen LogP contribution in [0.3, 0.4) is 0 Å². The molecule has 0 aliphatic heterocycles. The number of rotatable bonds is 5. The predicted octanol–water partition coefficient (Wildman–Crippen LogP) is 2.14. The van der Waals surface area contributed by atoms with Gasteiger partial charge in [0.1, 0.15) is 0 Å². The molecule has 18 heavy (non-hydrogen) atoms. The molecule has 0 spiro atoms. The standard InChI is InChI=1S/C12H14BrNO3S/c1-8-5-9(13)3-4-10(8)18-7-12(16)17-6-11(15)14-2/h3-5H,6-7H2,1-2H3,(H,14,15). The second-order valence-electron chi connectivity index (χ2n) is 3.53. The molecule has 4 nitrogen and oxygen atoms in total. The van der Waals surface area contributed by atoms with Gasteiger partial charge in [0.15, 0.2) is 6.61 Å². The van der Waals surface area contributed by atoms with Crippen LogP contribution in [0, 0.1) is 6.92 Å². The highest BCUT2D eigenvalue weighted by molar-refractivity contribution is 9.10. The fourth-order valence-electron chi connectivity index (χ4n) is 1.17. The summed E-state index contributed by atoms with van der Waals surface area (Å²) in [7, 11) is 1.50. The van der Waals surface area contributed by atoms with E-state index < -0.39 is 5.97 Å². The number of ether oxygens (including phenoxy) is 1. The van der Waals surface area contributed by atoms with Crippen molar-refractivity contribution in [3.63, 3.8) is 0 Å². The first kappa shape index (κ1) is 15.0. The van der Waals surface area contributed by atoms with E-state index in [-0.39, 0.29) is 18.3 Å². The lowest BCUT2D eigenvalue weighted by Crippen LogP contribution is -2.25. The molecule has 1 aromatic carbocycles. The molecule has 1 N–H and O–H groups in total. The summed E-state index contributed by atoms with van der Waals surface area (Å²) >= 11 is 4.78. The van der Waals surface area contributed by atoms with Crippen LogP contribution in [0.1, 0.15) is 5.56 Å². The summed E-state index contributed by atoms with van der Waals surface area (Å²) in [5.74, 6) is -0.515. The summed E-state index contributed by atoms with van der Waals surface area (Å²) in [5.41, 5.74) is 1.09. The highest BCUT2D eigenvalue weighted by Crippen LogP contribution is 2.25. The van der Waals surface area contributed by atoms with Gasteiger partial charge in [0.25, 0.3) is 5.91 Å². The van der Waals surface area contributed by atoms with E-state index in [1.807, 2.05) is 25.1 Å². The number of carbonyl (C=O) groups excluding carboxylic acids is 2. The quantitative estimate of drug-likeness (QED) is 0.663. The Morgan fingerprint density at radius 3 is 2.78 bits per heavy atom. The first-order valence-electron chi connectivity index (χ1n) is 5.28. The molecule has 0 aliphatic carbocycles. The van der Waals surface area contributed by atoms with E-state index in [1.165, 1.54) is 18.8 Å². The van der Waals surface area contributed by atoms with Crippen molar-refractivity contribution in [3.05, 3.63) is 28.2 Å². The Morgan fingerprint density at radius 2 is 2.17 bits per heavy atom. The molecule has 98 valence electrons. The molecule has 6 heteroatoms. The van der Waals surface area contributed by atoms with Crippen molar-refractivity contribution in [1.29, 1.82) is 0 Å². The van der Waals surface area contributed by atoms with Crippen LogP contribution in [-0.2, 0) is 14.3 Å². The van der Waals surface area contributed by atoms with E-state index in [0.717, 1.165) is 14.9 Å². The Kier molecular flexibility index (Phi) is 6.21. The van der Waals surface area contributed by atoms with Gasteiger partial charge in [-0.15, -0.1) is 11.8 Å². The lowest BCUT2D eigenvalue weighted by Gasteiger charge is -2.06. The van der Waals surface area contributed by atoms with Crippen molar-refractivity contribution >= 4 is 39.6 Å². The molecule has 0 unspecified atom stereocenters. The van der Waals surface area contributed by atoms with Crippen molar-refractivity contribution < 1.29 is 14.3 Å². The van der Waals surface area contributed by atoms with Gasteiger partial charge in [-0.3, -0.25) is 9.59 Å². The normalized spacial score (nSPS) is 9.94. The molecule has 0 heterocycles. The Hall–Kier alpha value is -1.01. The summed E-state index contributed by atoms with van der Waals surface area (Å²) in [6.07, 6.45) is 0. The van der Waals surface area contributed by atoms with Crippen LogP contribution in [0.25, 0.3) is 0 Å². The van der Waals surface area contributed by atoms with Crippen LogP contribution in [0.15, 0.2) is 27.6 Å². The number of nitrogens with one attached hydrogen (secondary N) is 1. The number of likely N-dealkylation sites (N-methyl/N-ethyl adjacent to an activating group) is 1. The lowest BCUT2D eigenvalue weighted by atomic mass is 10.2. The van der Waals surface area contributed by atoms with Crippen LogP contribution in [0.2, 0.25) is 0 Å². The number of halogens is 1. The van der Waals surface area contributed by atoms with E-state index in [4.69, 9.17) is 4.74 Å². The number of carbonyl (C=O) groups is 2. The average Bonchev–Trinajstić information content (AvgIpc) is 2.34. The van der Waals surface area contributed by atoms with Crippen LogP contribution < -0.4 is 5.32 Å². The van der Waals surface area contributed by atoms with Gasteiger partial charge in [0.05, 0.1) is 5.75 Å². The fourth-order valence-corrected chi connectivity index (χ4v) is 2.45. The van der Waals surface area contributed by atoms with E-state index in [9.17, 15) is 9.59 Å². The molecule has 0 aliphatic rings. The van der Waals surface area contributed by atoms with Crippen molar-refractivity contribution in [1.82, 2.24) is 5.32 Å². The van der Waals surface area contributed by atoms with Crippen molar-refractivity contribution in [2.24, 2.45) is 0 Å². The van der Waals surface area contributed by atoms with Crippen LogP contribution in [-0.4, -0.2) is 31.3 Å². The summed E-state index contributed by atoms with van der Waals surface area (Å²) < 4.78 is 5.81. The van der Waals surface area contributed by atoms with Gasteiger partial charge in [-0.25, -0.2) is 0 Å². The molecule has 0 atom stereocenters. The third kappa shape index (κ3) is 5.10. The zero-order valence-corrected chi connectivity index (χ0v) is 12.6. The zero-order chi connectivity index (χ0) is 13.5. The molecular weight excluding hydrogens is 318 g/mol. The van der Waals surface area contributed by atoms with Crippen LogP contribution in [0.4, 0.5) is 0 Å². The molecule has 0 bridgehead atoms. The molecule has 0 radical (unpaired) electrons. The highest BCUT2D eigenvalue weighted by atomic mass is 79.9. The minimum Gasteiger partial charge on any atom is -0.455 e. The monoisotopic (exact) mass is 331 g/mol. The molecule has 1 amide bonds. The average molecular weight is 332 g/mol. The lowest BCUT2D eigenvalue weighted by molar-refractivity contribution is -0.145. The summed E-state index contributed by atoms with van der Waals surface area (Å²) in [6.45, 7) is 1.75. The second-order valence-corrected chi connectivity index (χ2v) is 5.47. The Morgan fingerprint density at radius 1 is 1.44 bits per heavy atom. The van der Waals surface area contributed by atoms with Crippen molar-refractivity contribution in [3.8, 4) is 0 Å². The largest absolute Gasteiger partial charge is 0.455 e. The highest BCUT2D eigenvalue weighted by Gasteiger charge is 2.08. The minimum atomic E-state index is -0.397. The third-order valence-electron chi connectivity index (χ3n) is 2.13. The molecule has 1 rings (SSSR count). The first-order valence-corrected chi connectivity index (χ1v) is 7.06. The van der Waals surface area contributed by atoms with Gasteiger partial charge >= 0.3 is 5.97 Å². The van der Waals surface area contributed by atoms with Gasteiger partial charge in [-0.05, 0) is 30.7 Å². The predicted molar refractivity (Wildman–Crippen MR) is 74.6 cm³/mol. The smallest absolute Gasteiger partial charge is 0.316 e. The maximum atomic E-state index is 11.4. The Labute approximate surface area is 119 Å². The molecule has 0 fully saturated rings. The summed E-state index contributed by atoms with van der Waals surface area (Å²) in [4.78, 5) is 23.3. The van der Waals surface area contributed by atoms with Crippen LogP contribution >= 0.6 is 27.7 Å². The molecular formula is C12H14BrNO3S. The summed E-state index contributed by atoms with van der Waals surface area (Å²) in [5, 5.41) is 2.38. The maximum absolute atomic E-state index is 11.4. The number of esters is 1. The zero-order valence-electron chi connectivity index (χ0n) is 10.2. The number of amides is 1. The number of hydrogen-bond donors (Lipinski definition) is 1. The molecule has 1 aromatic rings. The van der Waals surface area contributed by atoms with E-state index >= 15 is 0 Å². The first-order chi connectivity index (χ1) is 8.52. The minimum absolute atomic E-state index is 0.194. The van der Waals surface area contributed by atoms with Gasteiger partial charge in [-0.1, -0.05) is 15.9 Å². The third-order valence-corrected chi connectivity index (χ3v) is 3.77. The number of hydrogen-bond acceptors (Lipinski definition) is 4. The SMILES string of the molecule is CNC(=O)COC(=O)CSc1ccc(Br)cc1C. The Bertz CT molecular complexity index is 451. The summed E-state index contributed by atoms with van der Waals surface area (Å²) in [6, 6.07) is 5.85. The van der Waals surface area contributed by atoms with E-state index in [1.54, 1.807) is 0 Å². The second kappa shape index (κ2) is 7.43. The van der Waals surface area contributed by atoms with Gasteiger partial charge in [-0.2, -0.15) is 0 Å². The molecule has 0 saturated carbocycles. The van der Waals surface area contributed by atoms with Gasteiger partial charge in [0.2, 0.25) is 0 Å². The Balaban J connectivity index is 2.40. The van der Waals surface area contributed by atoms with Crippen molar-refractivity contribution in [2.45, 2.75) is 11.8 Å². The van der Waals surface area contributed by atoms with Gasteiger partial charge in [0, 0.05) is 16.4 Å². The van der Waals surface area contributed by atoms with Crippen molar-refractivity contribution in [2.75, 3.05) is 19.4 Å². The maximum Gasteiger partial charge on any atom is 0.316 e. The molecule has 0 aromatic heterocycles. The van der Waals surface area contributed by atoms with E-state index in [2.05, 4.69) is 21.2 Å². The molecule has 0 saturated heterocycles. The fraction of sp³-hybridized carbons (Fsp3) is 0.333. The van der Waals surface area contributed by atoms with Gasteiger partial charge < -0.3 is 10.1 Å². The van der Waals surface area contributed by atoms with Crippen LogP contribution in [0.5, 0.6) is 0 Å².